The maximum Gasteiger partial charge on any atom is 0.349 e. The minimum atomic E-state index is -0.940. The van der Waals surface area contributed by atoms with Gasteiger partial charge < -0.3 is 15.2 Å². The lowest BCUT2D eigenvalue weighted by molar-refractivity contribution is -0.157. The predicted octanol–water partition coefficient (Wildman–Crippen LogP) is 1.91. The van der Waals surface area contributed by atoms with E-state index in [0.717, 1.165) is 12.0 Å². The quantitative estimate of drug-likeness (QED) is 0.784. The van der Waals surface area contributed by atoms with Crippen molar-refractivity contribution >= 4 is 5.97 Å². The number of esters is 1. The fourth-order valence-electron chi connectivity index (χ4n) is 1.63. The minimum Gasteiger partial charge on any atom is -0.476 e. The summed E-state index contributed by atoms with van der Waals surface area (Å²) in [5.41, 5.74) is 5.70. The number of nitrogens with two attached hydrogens (primary N) is 1. The largest absolute Gasteiger partial charge is 0.476 e. The van der Waals surface area contributed by atoms with Crippen molar-refractivity contribution in [3.8, 4) is 5.75 Å². The number of rotatable bonds is 6. The van der Waals surface area contributed by atoms with Gasteiger partial charge >= 0.3 is 5.97 Å². The third-order valence-electron chi connectivity index (χ3n) is 2.99. The molecule has 1 unspecified atom stereocenters. The van der Waals surface area contributed by atoms with Crippen molar-refractivity contribution in [1.29, 1.82) is 0 Å². The number of carbonyl (C=O) groups is 1. The van der Waals surface area contributed by atoms with Gasteiger partial charge in [-0.25, -0.2) is 4.79 Å². The zero-order chi connectivity index (χ0) is 13.6. The van der Waals surface area contributed by atoms with Gasteiger partial charge in [0.1, 0.15) is 5.75 Å². The first-order valence-corrected chi connectivity index (χ1v) is 6.12. The Kier molecular flexibility index (Phi) is 5.16. The molecular weight excluding hydrogens is 230 g/mol. The maximum absolute atomic E-state index is 11.7. The predicted molar refractivity (Wildman–Crippen MR) is 70.5 cm³/mol. The van der Waals surface area contributed by atoms with Gasteiger partial charge in [-0.3, -0.25) is 0 Å². The summed E-state index contributed by atoms with van der Waals surface area (Å²) in [6, 6.07) is 7.61. The Morgan fingerprint density at radius 3 is 2.39 bits per heavy atom. The topological polar surface area (TPSA) is 61.5 Å². The molecule has 0 aliphatic rings. The van der Waals surface area contributed by atoms with E-state index in [-0.39, 0.29) is 5.97 Å². The van der Waals surface area contributed by atoms with Crippen molar-refractivity contribution in [3.05, 3.63) is 29.8 Å². The molecule has 4 nitrogen and oxygen atoms in total. The van der Waals surface area contributed by atoms with Crippen LogP contribution in [0.5, 0.6) is 5.75 Å². The van der Waals surface area contributed by atoms with Crippen LogP contribution in [0, 0.1) is 0 Å². The van der Waals surface area contributed by atoms with Crippen molar-refractivity contribution in [2.75, 3.05) is 13.7 Å². The summed E-state index contributed by atoms with van der Waals surface area (Å²) in [5.74, 6) is 0.293. The van der Waals surface area contributed by atoms with Crippen LogP contribution >= 0.6 is 0 Å². The lowest BCUT2D eigenvalue weighted by Gasteiger charge is -2.26. The highest BCUT2D eigenvalue weighted by Gasteiger charge is 2.34. The van der Waals surface area contributed by atoms with Crippen molar-refractivity contribution in [3.63, 3.8) is 0 Å². The number of ether oxygens (including phenoxy) is 2. The first-order valence-electron chi connectivity index (χ1n) is 6.12. The molecule has 0 aliphatic carbocycles. The highest BCUT2D eigenvalue weighted by atomic mass is 16.6. The van der Waals surface area contributed by atoms with Gasteiger partial charge in [-0.2, -0.15) is 0 Å². The number of methoxy groups -OCH3 is 1. The Morgan fingerprint density at radius 2 is 1.94 bits per heavy atom. The standard InChI is InChI=1S/C14H21NO3/c1-4-14(2,13(16)17-3)18-12-7-5-11(6-8-12)9-10-15/h5-8H,4,9-10,15H2,1-3H3. The molecule has 1 aromatic rings. The SMILES string of the molecule is CCC(C)(Oc1ccc(CCN)cc1)C(=O)OC. The van der Waals surface area contributed by atoms with E-state index in [0.29, 0.717) is 18.7 Å². The molecule has 0 aromatic heterocycles. The Labute approximate surface area is 108 Å². The van der Waals surface area contributed by atoms with Crippen LogP contribution in [0.2, 0.25) is 0 Å². The molecule has 1 aromatic carbocycles. The van der Waals surface area contributed by atoms with Crippen LogP contribution in [0.25, 0.3) is 0 Å². The van der Waals surface area contributed by atoms with Crippen LogP contribution in [0.3, 0.4) is 0 Å². The molecule has 0 spiro atoms. The summed E-state index contributed by atoms with van der Waals surface area (Å²) in [5, 5.41) is 0. The van der Waals surface area contributed by atoms with Gasteiger partial charge in [0.2, 0.25) is 5.60 Å². The number of hydrogen-bond donors (Lipinski definition) is 1. The zero-order valence-corrected chi connectivity index (χ0v) is 11.2. The highest BCUT2D eigenvalue weighted by molar-refractivity contribution is 5.79. The summed E-state index contributed by atoms with van der Waals surface area (Å²) < 4.78 is 10.5. The van der Waals surface area contributed by atoms with Crippen molar-refractivity contribution in [2.45, 2.75) is 32.3 Å². The summed E-state index contributed by atoms with van der Waals surface area (Å²) in [6.07, 6.45) is 1.38. The van der Waals surface area contributed by atoms with Crippen LogP contribution in [0.1, 0.15) is 25.8 Å². The molecule has 1 rings (SSSR count). The molecule has 1 atom stereocenters. The monoisotopic (exact) mass is 251 g/mol. The molecule has 0 aliphatic heterocycles. The summed E-state index contributed by atoms with van der Waals surface area (Å²) in [6.45, 7) is 4.24. The van der Waals surface area contributed by atoms with E-state index >= 15 is 0 Å². The van der Waals surface area contributed by atoms with Gasteiger partial charge in [0.05, 0.1) is 7.11 Å². The summed E-state index contributed by atoms with van der Waals surface area (Å²) >= 11 is 0. The molecule has 0 fully saturated rings. The van der Waals surface area contributed by atoms with Gasteiger partial charge in [-0.1, -0.05) is 19.1 Å². The van der Waals surface area contributed by atoms with Crippen LogP contribution in [-0.4, -0.2) is 25.2 Å². The third-order valence-corrected chi connectivity index (χ3v) is 2.99. The smallest absolute Gasteiger partial charge is 0.349 e. The third kappa shape index (κ3) is 3.47. The van der Waals surface area contributed by atoms with Gasteiger partial charge in [0.25, 0.3) is 0 Å². The average Bonchev–Trinajstić information content (AvgIpc) is 2.40. The van der Waals surface area contributed by atoms with E-state index in [1.807, 2.05) is 31.2 Å². The fraction of sp³-hybridized carbons (Fsp3) is 0.500. The number of carbonyl (C=O) groups excluding carboxylic acids is 1. The molecule has 0 amide bonds. The van der Waals surface area contributed by atoms with Crippen LogP contribution in [0.15, 0.2) is 24.3 Å². The van der Waals surface area contributed by atoms with E-state index in [2.05, 4.69) is 0 Å². The fourth-order valence-corrected chi connectivity index (χ4v) is 1.63. The maximum atomic E-state index is 11.7. The normalized spacial score (nSPS) is 13.8. The molecule has 0 bridgehead atoms. The number of hydrogen-bond acceptors (Lipinski definition) is 4. The minimum absolute atomic E-state index is 0.365. The Hall–Kier alpha value is -1.55. The van der Waals surface area contributed by atoms with E-state index in [1.165, 1.54) is 7.11 Å². The van der Waals surface area contributed by atoms with Gasteiger partial charge in [0, 0.05) is 0 Å². The van der Waals surface area contributed by atoms with Crippen LogP contribution in [-0.2, 0) is 16.0 Å². The lowest BCUT2D eigenvalue weighted by atomic mass is 10.0. The van der Waals surface area contributed by atoms with Crippen molar-refractivity contribution in [2.24, 2.45) is 5.73 Å². The molecule has 0 saturated heterocycles. The van der Waals surface area contributed by atoms with E-state index in [4.69, 9.17) is 15.2 Å². The first-order chi connectivity index (χ1) is 8.55. The number of benzene rings is 1. The molecule has 0 saturated carbocycles. The molecule has 0 radical (unpaired) electrons. The highest BCUT2D eigenvalue weighted by Crippen LogP contribution is 2.23. The van der Waals surface area contributed by atoms with Gasteiger partial charge in [-0.15, -0.1) is 0 Å². The molecule has 18 heavy (non-hydrogen) atoms. The zero-order valence-electron chi connectivity index (χ0n) is 11.2. The molecular formula is C14H21NO3. The lowest BCUT2D eigenvalue weighted by Crippen LogP contribution is -2.41. The van der Waals surface area contributed by atoms with E-state index < -0.39 is 5.60 Å². The van der Waals surface area contributed by atoms with Crippen LogP contribution < -0.4 is 10.5 Å². The summed E-state index contributed by atoms with van der Waals surface area (Å²) in [4.78, 5) is 11.7. The Morgan fingerprint density at radius 1 is 1.33 bits per heavy atom. The summed E-state index contributed by atoms with van der Waals surface area (Å²) in [7, 11) is 1.37. The first kappa shape index (κ1) is 14.5. The molecule has 4 heteroatoms. The Bertz CT molecular complexity index is 389. The molecule has 0 heterocycles. The molecule has 2 N–H and O–H groups in total. The second-order valence-corrected chi connectivity index (χ2v) is 4.36. The van der Waals surface area contributed by atoms with Crippen molar-refractivity contribution < 1.29 is 14.3 Å². The van der Waals surface area contributed by atoms with E-state index in [9.17, 15) is 4.79 Å². The van der Waals surface area contributed by atoms with Gasteiger partial charge in [-0.05, 0) is 44.0 Å². The molecule has 100 valence electrons. The van der Waals surface area contributed by atoms with E-state index in [1.54, 1.807) is 6.92 Å². The second kappa shape index (κ2) is 6.40. The van der Waals surface area contributed by atoms with Gasteiger partial charge in [0.15, 0.2) is 0 Å². The average molecular weight is 251 g/mol. The second-order valence-electron chi connectivity index (χ2n) is 4.36. The van der Waals surface area contributed by atoms with Crippen LogP contribution in [0.4, 0.5) is 0 Å². The Balaban J connectivity index is 2.79. The van der Waals surface area contributed by atoms with Crippen molar-refractivity contribution in [1.82, 2.24) is 0 Å².